The minimum Gasteiger partial charge on any atom is -0.492 e. The van der Waals surface area contributed by atoms with Gasteiger partial charge in [0.1, 0.15) is 12.4 Å². The average Bonchev–Trinajstić information content (AvgIpc) is 3.23. The standard InChI is InChI=1S/C18H19BrN4O/c19-14-6-8-15(9-7-14)24-13-12-22-10-3-4-16(22)18-21-20-17-5-1-2-11-23(17)18/h1-2,5-9,11,16H,3-4,10,12-13H2/t16-/m1/s1. The molecule has 3 heterocycles. The molecule has 0 amide bonds. The lowest BCUT2D eigenvalue weighted by Crippen LogP contribution is -2.29. The first-order valence-corrected chi connectivity index (χ1v) is 9.03. The van der Waals surface area contributed by atoms with Gasteiger partial charge in [0.15, 0.2) is 11.5 Å². The van der Waals surface area contributed by atoms with E-state index in [-0.39, 0.29) is 0 Å². The molecule has 0 saturated carbocycles. The van der Waals surface area contributed by atoms with Gasteiger partial charge in [-0.3, -0.25) is 9.30 Å². The minimum absolute atomic E-state index is 0.316. The number of hydrogen-bond donors (Lipinski definition) is 0. The smallest absolute Gasteiger partial charge is 0.160 e. The maximum absolute atomic E-state index is 5.87. The molecule has 1 saturated heterocycles. The van der Waals surface area contributed by atoms with Gasteiger partial charge in [-0.2, -0.15) is 0 Å². The van der Waals surface area contributed by atoms with Crippen LogP contribution < -0.4 is 4.74 Å². The molecule has 124 valence electrons. The topological polar surface area (TPSA) is 42.7 Å². The van der Waals surface area contributed by atoms with Crippen molar-refractivity contribution in [3.63, 3.8) is 0 Å². The monoisotopic (exact) mass is 386 g/mol. The summed E-state index contributed by atoms with van der Waals surface area (Å²) in [4.78, 5) is 2.45. The lowest BCUT2D eigenvalue weighted by Gasteiger charge is -2.23. The summed E-state index contributed by atoms with van der Waals surface area (Å²) in [6.45, 7) is 2.65. The molecule has 2 aromatic heterocycles. The molecule has 1 fully saturated rings. The van der Waals surface area contributed by atoms with Gasteiger partial charge >= 0.3 is 0 Å². The third-order valence-electron chi connectivity index (χ3n) is 4.46. The van der Waals surface area contributed by atoms with Crippen LogP contribution in [0.25, 0.3) is 5.65 Å². The fourth-order valence-corrected chi connectivity index (χ4v) is 3.55. The number of rotatable bonds is 5. The van der Waals surface area contributed by atoms with Gasteiger partial charge < -0.3 is 4.74 Å². The Labute approximate surface area is 149 Å². The number of benzene rings is 1. The summed E-state index contributed by atoms with van der Waals surface area (Å²) in [6.07, 6.45) is 4.35. The van der Waals surface area contributed by atoms with Crippen LogP contribution >= 0.6 is 15.9 Å². The number of halogens is 1. The van der Waals surface area contributed by atoms with Crippen LogP contribution in [0.3, 0.4) is 0 Å². The first-order chi connectivity index (χ1) is 11.8. The molecular formula is C18H19BrN4O. The second-order valence-corrected chi connectivity index (χ2v) is 6.90. The summed E-state index contributed by atoms with van der Waals surface area (Å²) in [5, 5.41) is 8.71. The Bertz CT molecular complexity index is 817. The van der Waals surface area contributed by atoms with Crippen molar-refractivity contribution in [3.8, 4) is 5.75 Å². The van der Waals surface area contributed by atoms with Crippen molar-refractivity contribution in [2.75, 3.05) is 19.7 Å². The van der Waals surface area contributed by atoms with Crippen LogP contribution in [0.15, 0.2) is 53.1 Å². The van der Waals surface area contributed by atoms with Gasteiger partial charge in [0, 0.05) is 17.2 Å². The highest BCUT2D eigenvalue weighted by atomic mass is 79.9. The van der Waals surface area contributed by atoms with E-state index in [4.69, 9.17) is 4.74 Å². The fourth-order valence-electron chi connectivity index (χ4n) is 3.28. The van der Waals surface area contributed by atoms with E-state index < -0.39 is 0 Å². The van der Waals surface area contributed by atoms with Crippen LogP contribution in [0.5, 0.6) is 5.75 Å². The number of likely N-dealkylation sites (tertiary alicyclic amines) is 1. The number of pyridine rings is 1. The van der Waals surface area contributed by atoms with Crippen LogP contribution in [0.1, 0.15) is 24.7 Å². The quantitative estimate of drug-likeness (QED) is 0.670. The van der Waals surface area contributed by atoms with Crippen LogP contribution in [0.2, 0.25) is 0 Å². The largest absolute Gasteiger partial charge is 0.492 e. The summed E-state index contributed by atoms with van der Waals surface area (Å²) in [5.74, 6) is 1.94. The van der Waals surface area contributed by atoms with Gasteiger partial charge in [-0.1, -0.05) is 22.0 Å². The number of aromatic nitrogens is 3. The maximum atomic E-state index is 5.87. The van der Waals surface area contributed by atoms with Gasteiger partial charge in [-0.05, 0) is 55.8 Å². The minimum atomic E-state index is 0.316. The Morgan fingerprint density at radius 2 is 2.00 bits per heavy atom. The normalized spacial score (nSPS) is 18.3. The van der Waals surface area contributed by atoms with Gasteiger partial charge in [0.2, 0.25) is 0 Å². The van der Waals surface area contributed by atoms with E-state index in [2.05, 4.69) is 35.4 Å². The zero-order valence-corrected chi connectivity index (χ0v) is 14.9. The van der Waals surface area contributed by atoms with Crippen molar-refractivity contribution >= 4 is 21.6 Å². The van der Waals surface area contributed by atoms with E-state index in [1.165, 1.54) is 6.42 Å². The second-order valence-electron chi connectivity index (χ2n) is 5.98. The third kappa shape index (κ3) is 3.16. The summed E-state index contributed by atoms with van der Waals surface area (Å²) in [7, 11) is 0. The van der Waals surface area contributed by atoms with E-state index in [0.29, 0.717) is 12.6 Å². The molecule has 1 atom stereocenters. The Morgan fingerprint density at radius 1 is 1.12 bits per heavy atom. The van der Waals surface area contributed by atoms with Crippen molar-refractivity contribution in [3.05, 3.63) is 59.0 Å². The fraction of sp³-hybridized carbons (Fsp3) is 0.333. The molecule has 6 heteroatoms. The summed E-state index contributed by atoms with van der Waals surface area (Å²) < 4.78 is 9.03. The Kier molecular flexibility index (Phi) is 4.49. The highest BCUT2D eigenvalue weighted by Crippen LogP contribution is 2.30. The number of ether oxygens (including phenoxy) is 1. The van der Waals surface area contributed by atoms with E-state index in [1.807, 2.05) is 48.7 Å². The Balaban J connectivity index is 1.42. The van der Waals surface area contributed by atoms with E-state index >= 15 is 0 Å². The zero-order chi connectivity index (χ0) is 16.4. The summed E-state index contributed by atoms with van der Waals surface area (Å²) in [5.41, 5.74) is 0.908. The predicted octanol–water partition coefficient (Wildman–Crippen LogP) is 3.71. The van der Waals surface area contributed by atoms with Gasteiger partial charge in [0.25, 0.3) is 0 Å². The van der Waals surface area contributed by atoms with Crippen molar-refractivity contribution in [1.29, 1.82) is 0 Å². The lowest BCUT2D eigenvalue weighted by molar-refractivity contribution is 0.192. The molecule has 3 aromatic rings. The third-order valence-corrected chi connectivity index (χ3v) is 4.99. The lowest BCUT2D eigenvalue weighted by atomic mass is 10.2. The molecule has 0 unspecified atom stereocenters. The highest BCUT2D eigenvalue weighted by molar-refractivity contribution is 9.10. The van der Waals surface area contributed by atoms with Crippen LogP contribution in [0, 0.1) is 0 Å². The van der Waals surface area contributed by atoms with Crippen LogP contribution in [-0.4, -0.2) is 39.2 Å². The molecule has 1 aromatic carbocycles. The van der Waals surface area contributed by atoms with Gasteiger partial charge in [0.05, 0.1) is 6.04 Å². The van der Waals surface area contributed by atoms with Crippen LogP contribution in [-0.2, 0) is 0 Å². The first-order valence-electron chi connectivity index (χ1n) is 8.23. The molecule has 1 aliphatic heterocycles. The number of hydrogen-bond acceptors (Lipinski definition) is 4. The molecular weight excluding hydrogens is 368 g/mol. The molecule has 0 N–H and O–H groups in total. The summed E-state index contributed by atoms with van der Waals surface area (Å²) >= 11 is 3.44. The molecule has 0 radical (unpaired) electrons. The maximum Gasteiger partial charge on any atom is 0.160 e. The number of nitrogens with zero attached hydrogens (tertiary/aromatic N) is 4. The molecule has 5 nitrogen and oxygen atoms in total. The average molecular weight is 387 g/mol. The molecule has 1 aliphatic rings. The molecule has 4 rings (SSSR count). The molecule has 0 spiro atoms. The van der Waals surface area contributed by atoms with Crippen molar-refractivity contribution in [2.45, 2.75) is 18.9 Å². The number of fused-ring (bicyclic) bond motifs is 1. The van der Waals surface area contributed by atoms with Crippen molar-refractivity contribution < 1.29 is 4.74 Å². The zero-order valence-electron chi connectivity index (χ0n) is 13.3. The van der Waals surface area contributed by atoms with Crippen LogP contribution in [0.4, 0.5) is 0 Å². The molecule has 0 bridgehead atoms. The highest BCUT2D eigenvalue weighted by Gasteiger charge is 2.29. The Hall–Kier alpha value is -1.92. The molecule has 24 heavy (non-hydrogen) atoms. The van der Waals surface area contributed by atoms with Crippen molar-refractivity contribution in [2.24, 2.45) is 0 Å². The predicted molar refractivity (Wildman–Crippen MR) is 96.2 cm³/mol. The molecule has 0 aliphatic carbocycles. The Morgan fingerprint density at radius 3 is 2.88 bits per heavy atom. The second kappa shape index (κ2) is 6.91. The van der Waals surface area contributed by atoms with E-state index in [0.717, 1.165) is 41.2 Å². The van der Waals surface area contributed by atoms with Crippen molar-refractivity contribution in [1.82, 2.24) is 19.5 Å². The first kappa shape index (κ1) is 15.6. The van der Waals surface area contributed by atoms with E-state index in [1.54, 1.807) is 0 Å². The summed E-state index contributed by atoms with van der Waals surface area (Å²) in [6, 6.07) is 14.3. The van der Waals surface area contributed by atoms with E-state index in [9.17, 15) is 0 Å². The SMILES string of the molecule is Brc1ccc(OCCN2CCC[C@@H]2c2nnc3ccccn23)cc1. The van der Waals surface area contributed by atoms with Gasteiger partial charge in [-0.25, -0.2) is 0 Å². The van der Waals surface area contributed by atoms with Gasteiger partial charge in [-0.15, -0.1) is 10.2 Å².